The molecule has 0 spiro atoms. The van der Waals surface area contributed by atoms with E-state index in [2.05, 4.69) is 31.5 Å². The molecule has 1 aliphatic heterocycles. The molecule has 3 heterocycles. The fourth-order valence-corrected chi connectivity index (χ4v) is 3.60. The van der Waals surface area contributed by atoms with Crippen LogP contribution in [0.25, 0.3) is 10.9 Å². The number of aromatic nitrogens is 4. The molecule has 7 nitrogen and oxygen atoms in total. The lowest BCUT2D eigenvalue weighted by Gasteiger charge is -2.26. The summed E-state index contributed by atoms with van der Waals surface area (Å²) >= 11 is 0. The zero-order valence-corrected chi connectivity index (χ0v) is 15.6. The minimum absolute atomic E-state index is 0.0610. The van der Waals surface area contributed by atoms with Gasteiger partial charge in [0.05, 0.1) is 18.3 Å². The van der Waals surface area contributed by atoms with Crippen LogP contribution < -0.4 is 15.1 Å². The Hall–Kier alpha value is -2.74. The first kappa shape index (κ1) is 17.7. The summed E-state index contributed by atoms with van der Waals surface area (Å²) in [6, 6.07) is 8.05. The van der Waals surface area contributed by atoms with E-state index in [1.54, 1.807) is 6.20 Å². The van der Waals surface area contributed by atoms with Crippen LogP contribution in [0.15, 0.2) is 36.7 Å². The second-order valence-electron chi connectivity index (χ2n) is 7.13. The number of hydrogen-bond donors (Lipinski definition) is 2. The average Bonchev–Trinajstić information content (AvgIpc) is 3.29. The first-order valence-corrected chi connectivity index (χ1v) is 9.14. The van der Waals surface area contributed by atoms with Crippen LogP contribution in [0.4, 0.5) is 16.2 Å². The highest BCUT2D eigenvalue weighted by atomic mass is 19.1. The Labute approximate surface area is 157 Å². The SMILES string of the molecule is CN(C)c1nccc(N2C[C@@H](F)C[C@H]2CNCc2cccc3cn[nH]c23)n1. The second-order valence-corrected chi connectivity index (χ2v) is 7.13. The number of anilines is 2. The zero-order chi connectivity index (χ0) is 18.8. The van der Waals surface area contributed by atoms with Crippen molar-refractivity contribution in [1.29, 1.82) is 0 Å². The van der Waals surface area contributed by atoms with Gasteiger partial charge in [-0.3, -0.25) is 5.10 Å². The lowest BCUT2D eigenvalue weighted by atomic mass is 10.1. The van der Waals surface area contributed by atoms with Crippen molar-refractivity contribution in [2.75, 3.05) is 37.0 Å². The number of benzene rings is 1. The molecule has 2 N–H and O–H groups in total. The number of halogens is 1. The Balaban J connectivity index is 1.44. The van der Waals surface area contributed by atoms with Gasteiger partial charge in [-0.2, -0.15) is 10.1 Å². The maximum Gasteiger partial charge on any atom is 0.226 e. The van der Waals surface area contributed by atoms with Crippen LogP contribution in [0.1, 0.15) is 12.0 Å². The van der Waals surface area contributed by atoms with Crippen molar-refractivity contribution >= 4 is 22.7 Å². The molecule has 0 unspecified atom stereocenters. The van der Waals surface area contributed by atoms with E-state index in [1.807, 2.05) is 48.3 Å². The van der Waals surface area contributed by atoms with Gasteiger partial charge in [0, 0.05) is 51.2 Å². The number of fused-ring (bicyclic) bond motifs is 1. The number of hydrogen-bond acceptors (Lipinski definition) is 6. The van der Waals surface area contributed by atoms with Crippen molar-refractivity contribution in [1.82, 2.24) is 25.5 Å². The summed E-state index contributed by atoms with van der Waals surface area (Å²) in [5.41, 5.74) is 2.20. The van der Waals surface area contributed by atoms with Gasteiger partial charge in [-0.25, -0.2) is 9.37 Å². The Morgan fingerprint density at radius 3 is 3.07 bits per heavy atom. The number of rotatable bonds is 6. The van der Waals surface area contributed by atoms with E-state index in [0.29, 0.717) is 32.0 Å². The standard InChI is InChI=1S/C19H24FN7/c1-26(2)19-22-7-6-17(24-19)27-12-15(20)8-16(27)11-21-9-13-4-3-5-14-10-23-25-18(13)14/h3-7,10,15-16,21H,8-9,11-12H2,1-2H3,(H,23,25)/t15-,16-/m0/s1. The number of nitrogens with one attached hydrogen (secondary N) is 2. The number of aromatic amines is 1. The molecule has 0 saturated carbocycles. The van der Waals surface area contributed by atoms with Crippen molar-refractivity contribution in [3.05, 3.63) is 42.2 Å². The smallest absolute Gasteiger partial charge is 0.226 e. The molecule has 1 aliphatic rings. The molecule has 3 aromatic rings. The third-order valence-electron chi connectivity index (χ3n) is 4.94. The van der Waals surface area contributed by atoms with Crippen molar-refractivity contribution in [2.24, 2.45) is 0 Å². The molecule has 0 aliphatic carbocycles. The van der Waals surface area contributed by atoms with E-state index in [1.165, 1.54) is 0 Å². The highest BCUT2D eigenvalue weighted by Crippen LogP contribution is 2.26. The van der Waals surface area contributed by atoms with Crippen molar-refractivity contribution in [3.63, 3.8) is 0 Å². The normalized spacial score (nSPS) is 19.7. The molecular formula is C19H24FN7. The molecule has 2 aromatic heterocycles. The zero-order valence-electron chi connectivity index (χ0n) is 15.6. The summed E-state index contributed by atoms with van der Waals surface area (Å²) in [5, 5.41) is 11.7. The van der Waals surface area contributed by atoms with Crippen LogP contribution >= 0.6 is 0 Å². The maximum absolute atomic E-state index is 14.1. The molecule has 0 amide bonds. The first-order valence-electron chi connectivity index (χ1n) is 9.14. The van der Waals surface area contributed by atoms with Gasteiger partial charge in [0.2, 0.25) is 5.95 Å². The fourth-order valence-electron chi connectivity index (χ4n) is 3.60. The minimum Gasteiger partial charge on any atom is -0.349 e. The quantitative estimate of drug-likeness (QED) is 0.693. The van der Waals surface area contributed by atoms with E-state index in [0.717, 1.165) is 22.3 Å². The van der Waals surface area contributed by atoms with Crippen molar-refractivity contribution in [2.45, 2.75) is 25.2 Å². The van der Waals surface area contributed by atoms with E-state index < -0.39 is 6.17 Å². The first-order chi connectivity index (χ1) is 13.1. The summed E-state index contributed by atoms with van der Waals surface area (Å²) in [6.07, 6.45) is 3.21. The molecule has 1 fully saturated rings. The second kappa shape index (κ2) is 7.48. The summed E-state index contributed by atoms with van der Waals surface area (Å²) in [6.45, 7) is 1.76. The molecule has 2 atom stereocenters. The lowest BCUT2D eigenvalue weighted by molar-refractivity contribution is 0.354. The predicted molar refractivity (Wildman–Crippen MR) is 105 cm³/mol. The molecule has 8 heteroatoms. The molecule has 27 heavy (non-hydrogen) atoms. The van der Waals surface area contributed by atoms with E-state index in [-0.39, 0.29) is 6.04 Å². The number of para-hydroxylation sites is 1. The average molecular weight is 369 g/mol. The summed E-state index contributed by atoms with van der Waals surface area (Å²) in [4.78, 5) is 12.7. The van der Waals surface area contributed by atoms with Crippen LogP contribution in [-0.2, 0) is 6.54 Å². The number of alkyl halides is 1. The molecule has 4 rings (SSSR count). The van der Waals surface area contributed by atoms with Gasteiger partial charge in [0.15, 0.2) is 0 Å². The Bertz CT molecular complexity index is 910. The third-order valence-corrected chi connectivity index (χ3v) is 4.94. The maximum atomic E-state index is 14.1. The van der Waals surface area contributed by atoms with Gasteiger partial charge < -0.3 is 15.1 Å². The molecule has 1 saturated heterocycles. The summed E-state index contributed by atoms with van der Waals surface area (Å²) < 4.78 is 14.1. The van der Waals surface area contributed by atoms with Gasteiger partial charge >= 0.3 is 0 Å². The Morgan fingerprint density at radius 1 is 1.33 bits per heavy atom. The van der Waals surface area contributed by atoms with Gasteiger partial charge in [-0.15, -0.1) is 0 Å². The molecule has 142 valence electrons. The van der Waals surface area contributed by atoms with Crippen molar-refractivity contribution in [3.8, 4) is 0 Å². The molecule has 0 bridgehead atoms. The summed E-state index contributed by atoms with van der Waals surface area (Å²) in [5.74, 6) is 1.41. The fraction of sp³-hybridized carbons (Fsp3) is 0.421. The van der Waals surface area contributed by atoms with Gasteiger partial charge in [-0.1, -0.05) is 18.2 Å². The third kappa shape index (κ3) is 3.71. The summed E-state index contributed by atoms with van der Waals surface area (Å²) in [7, 11) is 3.80. The minimum atomic E-state index is -0.842. The van der Waals surface area contributed by atoms with E-state index in [4.69, 9.17) is 0 Å². The van der Waals surface area contributed by atoms with Gasteiger partial charge in [-0.05, 0) is 11.6 Å². The number of H-pyrrole nitrogens is 1. The van der Waals surface area contributed by atoms with Gasteiger partial charge in [0.1, 0.15) is 12.0 Å². The Morgan fingerprint density at radius 2 is 2.22 bits per heavy atom. The van der Waals surface area contributed by atoms with Crippen LogP contribution in [0, 0.1) is 0 Å². The van der Waals surface area contributed by atoms with Crippen LogP contribution in [0.5, 0.6) is 0 Å². The topological polar surface area (TPSA) is 73.0 Å². The van der Waals surface area contributed by atoms with Crippen LogP contribution in [0.2, 0.25) is 0 Å². The number of nitrogens with zero attached hydrogens (tertiary/aromatic N) is 5. The highest BCUT2D eigenvalue weighted by Gasteiger charge is 2.33. The van der Waals surface area contributed by atoms with E-state index >= 15 is 0 Å². The predicted octanol–water partition coefficient (Wildman–Crippen LogP) is 2.13. The molecule has 0 radical (unpaired) electrons. The monoisotopic (exact) mass is 369 g/mol. The Kier molecular flexibility index (Phi) is 4.89. The molecular weight excluding hydrogens is 345 g/mol. The van der Waals surface area contributed by atoms with Gasteiger partial charge in [0.25, 0.3) is 0 Å². The van der Waals surface area contributed by atoms with Crippen LogP contribution in [-0.4, -0.2) is 59.6 Å². The van der Waals surface area contributed by atoms with E-state index in [9.17, 15) is 4.39 Å². The molecule has 1 aromatic carbocycles. The van der Waals surface area contributed by atoms with Crippen molar-refractivity contribution < 1.29 is 4.39 Å². The lowest BCUT2D eigenvalue weighted by Crippen LogP contribution is -2.38. The highest BCUT2D eigenvalue weighted by molar-refractivity contribution is 5.81. The largest absolute Gasteiger partial charge is 0.349 e. The van der Waals surface area contributed by atoms with Crippen LogP contribution in [0.3, 0.4) is 0 Å².